The van der Waals surface area contributed by atoms with Crippen LogP contribution >= 0.6 is 11.6 Å². The molecular weight excluding hydrogens is 202 g/mol. The van der Waals surface area contributed by atoms with Crippen molar-refractivity contribution in [2.75, 3.05) is 19.8 Å². The first-order valence-corrected chi connectivity index (χ1v) is 4.90. The van der Waals surface area contributed by atoms with Crippen LogP contribution in [0.4, 0.5) is 0 Å². The highest BCUT2D eigenvalue weighted by molar-refractivity contribution is 6.30. The molecule has 0 aliphatic carbocycles. The number of aromatic nitrogens is 2. The molecule has 0 spiro atoms. The third-order valence-electron chi connectivity index (χ3n) is 2.59. The SMILES string of the molecule is NCC1(c2ncc(Cl)cn2)CCOC1. The van der Waals surface area contributed by atoms with E-state index < -0.39 is 0 Å². The Bertz CT molecular complexity index is 308. The van der Waals surface area contributed by atoms with Crippen LogP contribution in [0.3, 0.4) is 0 Å². The molecule has 14 heavy (non-hydrogen) atoms. The number of hydrogen-bond donors (Lipinski definition) is 1. The first-order chi connectivity index (χ1) is 6.77. The quantitative estimate of drug-likeness (QED) is 0.788. The summed E-state index contributed by atoms with van der Waals surface area (Å²) in [5.41, 5.74) is 5.54. The Morgan fingerprint density at radius 3 is 2.71 bits per heavy atom. The molecule has 0 aromatic carbocycles. The van der Waals surface area contributed by atoms with Gasteiger partial charge in [0.2, 0.25) is 0 Å². The maximum absolute atomic E-state index is 5.75. The Kier molecular flexibility index (Phi) is 2.67. The molecule has 0 radical (unpaired) electrons. The predicted octanol–water partition coefficient (Wildman–Crippen LogP) is 0.747. The molecule has 1 aliphatic heterocycles. The molecule has 2 heterocycles. The molecule has 2 N–H and O–H groups in total. The third kappa shape index (κ3) is 1.61. The smallest absolute Gasteiger partial charge is 0.138 e. The molecule has 1 atom stereocenters. The zero-order chi connectivity index (χ0) is 10.0. The van der Waals surface area contributed by atoms with E-state index in [1.54, 1.807) is 12.4 Å². The van der Waals surface area contributed by atoms with Gasteiger partial charge in [-0.3, -0.25) is 0 Å². The summed E-state index contributed by atoms with van der Waals surface area (Å²) in [6.07, 6.45) is 4.07. The zero-order valence-electron chi connectivity index (χ0n) is 7.74. The van der Waals surface area contributed by atoms with Gasteiger partial charge in [-0.15, -0.1) is 0 Å². The summed E-state index contributed by atoms with van der Waals surface area (Å²) in [5.74, 6) is 0.738. The second-order valence-corrected chi connectivity index (χ2v) is 3.95. The standard InChI is InChI=1S/C9H12ClN3O/c10-7-3-12-8(13-4-7)9(5-11)1-2-14-6-9/h3-4H,1-2,5-6,11H2. The minimum Gasteiger partial charge on any atom is -0.380 e. The molecule has 1 unspecified atom stereocenters. The monoisotopic (exact) mass is 213 g/mol. The van der Waals surface area contributed by atoms with Crippen LogP contribution in [0.1, 0.15) is 12.2 Å². The van der Waals surface area contributed by atoms with Crippen molar-refractivity contribution >= 4 is 11.6 Å². The third-order valence-corrected chi connectivity index (χ3v) is 2.78. The van der Waals surface area contributed by atoms with Crippen LogP contribution in [-0.4, -0.2) is 29.7 Å². The Morgan fingerprint density at radius 2 is 2.21 bits per heavy atom. The molecule has 1 aromatic rings. The molecular formula is C9H12ClN3O. The highest BCUT2D eigenvalue weighted by atomic mass is 35.5. The van der Waals surface area contributed by atoms with Crippen molar-refractivity contribution in [1.82, 2.24) is 9.97 Å². The fourth-order valence-electron chi connectivity index (χ4n) is 1.62. The van der Waals surface area contributed by atoms with E-state index in [2.05, 4.69) is 9.97 Å². The van der Waals surface area contributed by atoms with Crippen molar-refractivity contribution in [3.63, 3.8) is 0 Å². The van der Waals surface area contributed by atoms with Crippen molar-refractivity contribution in [3.05, 3.63) is 23.2 Å². The van der Waals surface area contributed by atoms with Crippen LogP contribution in [0.15, 0.2) is 12.4 Å². The molecule has 0 bridgehead atoms. The minimum atomic E-state index is -0.204. The maximum atomic E-state index is 5.75. The van der Waals surface area contributed by atoms with Crippen molar-refractivity contribution < 1.29 is 4.74 Å². The summed E-state index contributed by atoms with van der Waals surface area (Å²) in [5, 5.41) is 0.542. The fraction of sp³-hybridized carbons (Fsp3) is 0.556. The molecule has 1 aromatic heterocycles. The van der Waals surface area contributed by atoms with Crippen LogP contribution in [0.5, 0.6) is 0 Å². The number of nitrogens with zero attached hydrogens (tertiary/aromatic N) is 2. The highest BCUT2D eigenvalue weighted by Gasteiger charge is 2.38. The molecule has 1 aliphatic rings. The van der Waals surface area contributed by atoms with Gasteiger partial charge >= 0.3 is 0 Å². The topological polar surface area (TPSA) is 61.0 Å². The molecule has 1 fully saturated rings. The number of nitrogens with two attached hydrogens (primary N) is 1. The van der Waals surface area contributed by atoms with Gasteiger partial charge in [0.1, 0.15) is 5.82 Å². The summed E-state index contributed by atoms with van der Waals surface area (Å²) >= 11 is 5.72. The maximum Gasteiger partial charge on any atom is 0.138 e. The number of rotatable bonds is 2. The Morgan fingerprint density at radius 1 is 1.50 bits per heavy atom. The van der Waals surface area contributed by atoms with Crippen LogP contribution in [0, 0.1) is 0 Å². The summed E-state index contributed by atoms with van der Waals surface area (Å²) in [7, 11) is 0. The molecule has 5 heteroatoms. The van der Waals surface area contributed by atoms with E-state index >= 15 is 0 Å². The Labute approximate surface area is 87.4 Å². The predicted molar refractivity (Wildman–Crippen MR) is 53.2 cm³/mol. The first kappa shape index (κ1) is 9.83. The van der Waals surface area contributed by atoms with E-state index in [0.29, 0.717) is 18.2 Å². The van der Waals surface area contributed by atoms with Gasteiger partial charge in [0.25, 0.3) is 0 Å². The van der Waals surface area contributed by atoms with Crippen LogP contribution in [0.2, 0.25) is 5.02 Å². The lowest BCUT2D eigenvalue weighted by Crippen LogP contribution is -2.37. The van der Waals surface area contributed by atoms with Gasteiger partial charge < -0.3 is 10.5 Å². The van der Waals surface area contributed by atoms with Gasteiger partial charge in [-0.1, -0.05) is 11.6 Å². The van der Waals surface area contributed by atoms with Crippen molar-refractivity contribution in [1.29, 1.82) is 0 Å². The number of hydrogen-bond acceptors (Lipinski definition) is 4. The average Bonchev–Trinajstić information content (AvgIpc) is 2.68. The molecule has 2 rings (SSSR count). The van der Waals surface area contributed by atoms with Gasteiger partial charge in [0.05, 0.1) is 17.0 Å². The fourth-order valence-corrected chi connectivity index (χ4v) is 1.72. The largest absolute Gasteiger partial charge is 0.380 e. The first-order valence-electron chi connectivity index (χ1n) is 4.53. The van der Waals surface area contributed by atoms with Gasteiger partial charge in [-0.05, 0) is 6.42 Å². The van der Waals surface area contributed by atoms with Gasteiger partial charge in [0.15, 0.2) is 0 Å². The second kappa shape index (κ2) is 3.81. The van der Waals surface area contributed by atoms with Gasteiger partial charge in [-0.2, -0.15) is 0 Å². The van der Waals surface area contributed by atoms with E-state index in [1.165, 1.54) is 0 Å². The van der Waals surface area contributed by atoms with Crippen LogP contribution in [-0.2, 0) is 10.2 Å². The summed E-state index contributed by atoms with van der Waals surface area (Å²) < 4.78 is 5.34. The van der Waals surface area contributed by atoms with Crippen LogP contribution < -0.4 is 5.73 Å². The van der Waals surface area contributed by atoms with Crippen molar-refractivity contribution in [2.45, 2.75) is 11.8 Å². The Balaban J connectivity index is 2.31. The summed E-state index contributed by atoms with van der Waals surface area (Å²) in [4.78, 5) is 8.40. The van der Waals surface area contributed by atoms with Crippen LogP contribution in [0.25, 0.3) is 0 Å². The normalized spacial score (nSPS) is 26.7. The van der Waals surface area contributed by atoms with Crippen molar-refractivity contribution in [2.24, 2.45) is 5.73 Å². The second-order valence-electron chi connectivity index (χ2n) is 3.51. The highest BCUT2D eigenvalue weighted by Crippen LogP contribution is 2.29. The lowest BCUT2D eigenvalue weighted by molar-refractivity contribution is 0.176. The molecule has 0 saturated carbocycles. The van der Waals surface area contributed by atoms with E-state index in [9.17, 15) is 0 Å². The molecule has 4 nitrogen and oxygen atoms in total. The van der Waals surface area contributed by atoms with E-state index in [-0.39, 0.29) is 5.41 Å². The zero-order valence-corrected chi connectivity index (χ0v) is 8.50. The van der Waals surface area contributed by atoms with E-state index in [1.807, 2.05) is 0 Å². The van der Waals surface area contributed by atoms with E-state index in [0.717, 1.165) is 18.9 Å². The van der Waals surface area contributed by atoms with Crippen molar-refractivity contribution in [3.8, 4) is 0 Å². The summed E-state index contributed by atoms with van der Waals surface area (Å²) in [6.45, 7) is 1.84. The molecule has 0 amide bonds. The molecule has 76 valence electrons. The lowest BCUT2D eigenvalue weighted by Gasteiger charge is -2.22. The molecule has 1 saturated heterocycles. The number of halogens is 1. The lowest BCUT2D eigenvalue weighted by atomic mass is 9.86. The van der Waals surface area contributed by atoms with E-state index in [4.69, 9.17) is 22.1 Å². The average molecular weight is 214 g/mol. The van der Waals surface area contributed by atoms with Gasteiger partial charge in [0, 0.05) is 25.5 Å². The number of ether oxygens (including phenoxy) is 1. The minimum absolute atomic E-state index is 0.204. The summed E-state index contributed by atoms with van der Waals surface area (Å²) in [6, 6.07) is 0. The van der Waals surface area contributed by atoms with Gasteiger partial charge in [-0.25, -0.2) is 9.97 Å². The Hall–Kier alpha value is -0.710.